The van der Waals surface area contributed by atoms with Crippen LogP contribution in [0.4, 0.5) is 4.39 Å². The standard InChI is InChI=1S/C38H55FO5/c1-3-5-7-8-9-10-11-12-13-29-42-33-27-21-32(22-28-33)37(40)43-34-23-17-30(18-24-34)15-16-31-19-25-35(26-20-31)44-38(41)36(39)14-6-4-2/h17-18,21-24,27-28,31,35-36H,3-16,19-20,25-26,29H2,1-2H3/t31?,35?,36-/m0/s1. The summed E-state index contributed by atoms with van der Waals surface area (Å²) in [4.78, 5) is 24.6. The smallest absolute Gasteiger partial charge is 0.343 e. The monoisotopic (exact) mass is 610 g/mol. The fourth-order valence-electron chi connectivity index (χ4n) is 5.83. The van der Waals surface area contributed by atoms with Gasteiger partial charge in [-0.3, -0.25) is 0 Å². The lowest BCUT2D eigenvalue weighted by Gasteiger charge is -2.28. The van der Waals surface area contributed by atoms with Crippen LogP contribution in [0.3, 0.4) is 0 Å². The fraction of sp³-hybridized carbons (Fsp3) is 0.632. The normalized spacial score (nSPS) is 17.2. The van der Waals surface area contributed by atoms with E-state index in [0.29, 0.717) is 30.3 Å². The summed E-state index contributed by atoms with van der Waals surface area (Å²) >= 11 is 0. The van der Waals surface area contributed by atoms with Crippen molar-refractivity contribution in [2.45, 2.75) is 142 Å². The fourth-order valence-corrected chi connectivity index (χ4v) is 5.83. The Hall–Kier alpha value is -2.89. The van der Waals surface area contributed by atoms with Crippen molar-refractivity contribution in [1.29, 1.82) is 0 Å². The van der Waals surface area contributed by atoms with Crippen molar-refractivity contribution in [3.63, 3.8) is 0 Å². The summed E-state index contributed by atoms with van der Waals surface area (Å²) in [6.45, 7) is 4.93. The zero-order valence-electron chi connectivity index (χ0n) is 27.2. The number of unbranched alkanes of at least 4 members (excludes halogenated alkanes) is 9. The van der Waals surface area contributed by atoms with Crippen molar-refractivity contribution in [2.75, 3.05) is 6.61 Å². The molecule has 0 amide bonds. The molecule has 0 radical (unpaired) electrons. The quantitative estimate of drug-likeness (QED) is 0.0799. The summed E-state index contributed by atoms with van der Waals surface area (Å²) in [6.07, 6.45) is 17.3. The molecule has 0 spiro atoms. The van der Waals surface area contributed by atoms with Gasteiger partial charge in [0.15, 0.2) is 6.17 Å². The van der Waals surface area contributed by atoms with Gasteiger partial charge in [0, 0.05) is 0 Å². The van der Waals surface area contributed by atoms with Gasteiger partial charge in [0.1, 0.15) is 17.6 Å². The Kier molecular flexibility index (Phi) is 16.9. The predicted octanol–water partition coefficient (Wildman–Crippen LogP) is 10.4. The van der Waals surface area contributed by atoms with Gasteiger partial charge in [-0.1, -0.05) is 90.2 Å². The van der Waals surface area contributed by atoms with Crippen LogP contribution in [-0.2, 0) is 16.0 Å². The molecule has 2 aromatic rings. The Morgan fingerprint density at radius 1 is 0.750 bits per heavy atom. The minimum absolute atomic E-state index is 0.152. The number of rotatable bonds is 21. The van der Waals surface area contributed by atoms with Gasteiger partial charge in [-0.15, -0.1) is 0 Å². The van der Waals surface area contributed by atoms with Crippen LogP contribution in [0.5, 0.6) is 11.5 Å². The SMILES string of the molecule is CCCCCCCCCCCOc1ccc(C(=O)Oc2ccc(CCC3CCC(OC(=O)[C@@H](F)CCCC)CC3)cc2)cc1. The van der Waals surface area contributed by atoms with E-state index in [1.54, 1.807) is 12.1 Å². The molecule has 5 nitrogen and oxygen atoms in total. The summed E-state index contributed by atoms with van der Waals surface area (Å²) in [5.41, 5.74) is 1.69. The van der Waals surface area contributed by atoms with Crippen LogP contribution in [0, 0.1) is 5.92 Å². The lowest BCUT2D eigenvalue weighted by Crippen LogP contribution is -2.29. The molecule has 1 saturated carbocycles. The largest absolute Gasteiger partial charge is 0.494 e. The Bertz CT molecular complexity index is 1060. The van der Waals surface area contributed by atoms with Gasteiger partial charge in [-0.05, 0) is 99.2 Å². The maximum atomic E-state index is 13.9. The number of hydrogen-bond acceptors (Lipinski definition) is 5. The second-order valence-electron chi connectivity index (χ2n) is 12.5. The van der Waals surface area contributed by atoms with Crippen LogP contribution in [0.15, 0.2) is 48.5 Å². The number of esters is 2. The van der Waals surface area contributed by atoms with Crippen LogP contribution < -0.4 is 9.47 Å². The van der Waals surface area contributed by atoms with Crippen molar-refractivity contribution in [3.05, 3.63) is 59.7 Å². The number of hydrogen-bond donors (Lipinski definition) is 0. The molecule has 1 atom stereocenters. The molecule has 0 N–H and O–H groups in total. The number of ether oxygens (including phenoxy) is 3. The Morgan fingerprint density at radius 3 is 1.98 bits per heavy atom. The highest BCUT2D eigenvalue weighted by atomic mass is 19.1. The third kappa shape index (κ3) is 13.8. The van der Waals surface area contributed by atoms with Gasteiger partial charge in [0.05, 0.1) is 12.2 Å². The van der Waals surface area contributed by atoms with Crippen LogP contribution in [0.2, 0.25) is 0 Å². The van der Waals surface area contributed by atoms with Gasteiger partial charge >= 0.3 is 11.9 Å². The lowest BCUT2D eigenvalue weighted by atomic mass is 9.83. The molecule has 244 valence electrons. The molecule has 0 heterocycles. The minimum Gasteiger partial charge on any atom is -0.494 e. The van der Waals surface area contributed by atoms with Gasteiger partial charge < -0.3 is 14.2 Å². The Balaban J connectivity index is 1.28. The summed E-state index contributed by atoms with van der Waals surface area (Å²) in [7, 11) is 0. The summed E-state index contributed by atoms with van der Waals surface area (Å²) < 4.78 is 30.8. The van der Waals surface area contributed by atoms with Crippen molar-refractivity contribution in [1.82, 2.24) is 0 Å². The molecule has 1 fully saturated rings. The van der Waals surface area contributed by atoms with Crippen LogP contribution in [0.1, 0.15) is 139 Å². The van der Waals surface area contributed by atoms with Crippen LogP contribution in [-0.4, -0.2) is 30.8 Å². The number of carbonyl (C=O) groups is 2. The number of benzene rings is 2. The Morgan fingerprint density at radius 2 is 1.34 bits per heavy atom. The summed E-state index contributed by atoms with van der Waals surface area (Å²) in [5, 5.41) is 0. The van der Waals surface area contributed by atoms with Crippen molar-refractivity contribution in [3.8, 4) is 11.5 Å². The highest BCUT2D eigenvalue weighted by Crippen LogP contribution is 2.30. The zero-order chi connectivity index (χ0) is 31.4. The molecular formula is C38H55FO5. The summed E-state index contributed by atoms with van der Waals surface area (Å²) in [5.74, 6) is 0.798. The molecule has 0 saturated heterocycles. The van der Waals surface area contributed by atoms with E-state index >= 15 is 0 Å². The predicted molar refractivity (Wildman–Crippen MR) is 175 cm³/mol. The number of alkyl halides is 1. The van der Waals surface area contributed by atoms with Gasteiger partial charge in [-0.25, -0.2) is 14.0 Å². The van der Waals surface area contributed by atoms with E-state index in [1.807, 2.05) is 43.3 Å². The van der Waals surface area contributed by atoms with Crippen molar-refractivity contribution < 1.29 is 28.2 Å². The van der Waals surface area contributed by atoms with Crippen molar-refractivity contribution in [2.24, 2.45) is 5.92 Å². The molecule has 3 rings (SSSR count). The molecule has 0 unspecified atom stereocenters. The molecule has 44 heavy (non-hydrogen) atoms. The zero-order valence-corrected chi connectivity index (χ0v) is 27.2. The van der Waals surface area contributed by atoms with E-state index < -0.39 is 12.1 Å². The maximum Gasteiger partial charge on any atom is 0.343 e. The lowest BCUT2D eigenvalue weighted by molar-refractivity contribution is -0.157. The average Bonchev–Trinajstić information content (AvgIpc) is 3.05. The molecule has 2 aromatic carbocycles. The maximum absolute atomic E-state index is 13.9. The molecule has 0 aliphatic heterocycles. The second-order valence-corrected chi connectivity index (χ2v) is 12.5. The topological polar surface area (TPSA) is 61.8 Å². The van der Waals surface area contributed by atoms with E-state index in [-0.39, 0.29) is 18.5 Å². The van der Waals surface area contributed by atoms with Crippen LogP contribution in [0.25, 0.3) is 0 Å². The minimum atomic E-state index is -1.49. The van der Waals surface area contributed by atoms with Gasteiger partial charge in [0.2, 0.25) is 0 Å². The van der Waals surface area contributed by atoms with E-state index in [4.69, 9.17) is 14.2 Å². The van der Waals surface area contributed by atoms with E-state index in [0.717, 1.165) is 57.1 Å². The highest BCUT2D eigenvalue weighted by molar-refractivity contribution is 5.91. The first kappa shape index (κ1) is 35.6. The van der Waals surface area contributed by atoms with E-state index in [2.05, 4.69) is 6.92 Å². The third-order valence-electron chi connectivity index (χ3n) is 8.73. The Labute approximate surface area is 265 Å². The first-order valence-corrected chi connectivity index (χ1v) is 17.4. The first-order chi connectivity index (χ1) is 21.5. The van der Waals surface area contributed by atoms with E-state index in [1.165, 1.54) is 56.9 Å². The molecule has 0 aromatic heterocycles. The average molecular weight is 611 g/mol. The van der Waals surface area contributed by atoms with Crippen LogP contribution >= 0.6 is 0 Å². The summed E-state index contributed by atoms with van der Waals surface area (Å²) in [6, 6.07) is 14.9. The number of halogens is 1. The third-order valence-corrected chi connectivity index (χ3v) is 8.73. The highest BCUT2D eigenvalue weighted by Gasteiger charge is 2.27. The first-order valence-electron chi connectivity index (χ1n) is 17.4. The molecular weight excluding hydrogens is 555 g/mol. The molecule has 0 bridgehead atoms. The van der Waals surface area contributed by atoms with E-state index in [9.17, 15) is 14.0 Å². The molecule has 6 heteroatoms. The van der Waals surface area contributed by atoms with Gasteiger partial charge in [-0.2, -0.15) is 0 Å². The van der Waals surface area contributed by atoms with Crippen molar-refractivity contribution >= 4 is 11.9 Å². The number of carbonyl (C=O) groups excluding carboxylic acids is 2. The molecule has 1 aliphatic carbocycles. The second kappa shape index (κ2) is 21.0. The van der Waals surface area contributed by atoms with Gasteiger partial charge in [0.25, 0.3) is 0 Å². The number of aryl methyl sites for hydroxylation is 1. The molecule has 1 aliphatic rings.